The van der Waals surface area contributed by atoms with E-state index in [1.54, 1.807) is 6.92 Å². The fourth-order valence-electron chi connectivity index (χ4n) is 2.17. The topological polar surface area (TPSA) is 75.3 Å². The van der Waals surface area contributed by atoms with E-state index >= 15 is 0 Å². The van der Waals surface area contributed by atoms with Gasteiger partial charge in [-0.1, -0.05) is 17.7 Å². The molecule has 1 amide bonds. The number of hydrogen-bond acceptors (Lipinski definition) is 3. The Morgan fingerprint density at radius 1 is 1.12 bits per heavy atom. The minimum absolute atomic E-state index is 0.0393. The zero-order valence-electron chi connectivity index (χ0n) is 13.8. The van der Waals surface area contributed by atoms with Crippen molar-refractivity contribution >= 4 is 27.5 Å². The molecule has 0 bridgehead atoms. The lowest BCUT2D eigenvalue weighted by Gasteiger charge is -2.15. The van der Waals surface area contributed by atoms with Gasteiger partial charge >= 0.3 is 0 Å². The molecular formula is C17H17ClF2N2O3S. The Morgan fingerprint density at radius 3 is 2.38 bits per heavy atom. The highest BCUT2D eigenvalue weighted by molar-refractivity contribution is 7.89. The van der Waals surface area contributed by atoms with Gasteiger partial charge in [0, 0.05) is 18.0 Å². The molecule has 2 aromatic carbocycles. The van der Waals surface area contributed by atoms with E-state index in [2.05, 4.69) is 10.0 Å². The van der Waals surface area contributed by atoms with Crippen LogP contribution in [0.15, 0.2) is 47.4 Å². The van der Waals surface area contributed by atoms with Gasteiger partial charge in [-0.25, -0.2) is 21.9 Å². The van der Waals surface area contributed by atoms with E-state index in [-0.39, 0.29) is 17.9 Å². The van der Waals surface area contributed by atoms with Crippen molar-refractivity contribution in [3.05, 3.63) is 64.7 Å². The van der Waals surface area contributed by atoms with Crippen molar-refractivity contribution in [3.63, 3.8) is 0 Å². The summed E-state index contributed by atoms with van der Waals surface area (Å²) in [5.74, 6) is -2.40. The zero-order valence-corrected chi connectivity index (χ0v) is 15.4. The second kappa shape index (κ2) is 8.57. The summed E-state index contributed by atoms with van der Waals surface area (Å²) in [6.45, 7) is 1.50. The molecule has 2 rings (SSSR count). The molecule has 9 heteroatoms. The second-order valence-electron chi connectivity index (χ2n) is 5.56. The van der Waals surface area contributed by atoms with Crippen LogP contribution in [0.5, 0.6) is 0 Å². The SMILES string of the molecule is C[C@H](NC(=O)CCNS(=O)(=O)c1ccc(Cl)cc1)c1ccc(F)c(F)c1. The molecular weight excluding hydrogens is 386 g/mol. The third kappa shape index (κ3) is 5.48. The van der Waals surface area contributed by atoms with Gasteiger partial charge in [0.15, 0.2) is 11.6 Å². The molecule has 2 aromatic rings. The first-order valence-electron chi connectivity index (χ1n) is 7.68. The van der Waals surface area contributed by atoms with Crippen molar-refractivity contribution in [2.45, 2.75) is 24.3 Å². The van der Waals surface area contributed by atoms with E-state index < -0.39 is 33.6 Å². The van der Waals surface area contributed by atoms with Crippen LogP contribution in [0.4, 0.5) is 8.78 Å². The molecule has 26 heavy (non-hydrogen) atoms. The number of hydrogen-bond donors (Lipinski definition) is 2. The highest BCUT2D eigenvalue weighted by atomic mass is 35.5. The van der Waals surface area contributed by atoms with Crippen LogP contribution in [-0.2, 0) is 14.8 Å². The molecule has 0 aliphatic carbocycles. The molecule has 0 unspecified atom stereocenters. The van der Waals surface area contributed by atoms with Gasteiger partial charge < -0.3 is 5.32 Å². The molecule has 0 fully saturated rings. The first-order valence-corrected chi connectivity index (χ1v) is 9.54. The summed E-state index contributed by atoms with van der Waals surface area (Å²) in [6.07, 6.45) is -0.110. The van der Waals surface area contributed by atoms with Gasteiger partial charge in [-0.3, -0.25) is 4.79 Å². The maximum Gasteiger partial charge on any atom is 0.240 e. The van der Waals surface area contributed by atoms with Crippen molar-refractivity contribution in [1.82, 2.24) is 10.0 Å². The molecule has 0 saturated heterocycles. The zero-order chi connectivity index (χ0) is 19.3. The van der Waals surface area contributed by atoms with E-state index in [1.165, 1.54) is 30.3 Å². The maximum absolute atomic E-state index is 13.2. The number of carbonyl (C=O) groups excluding carboxylic acids is 1. The first kappa shape index (κ1) is 20.3. The van der Waals surface area contributed by atoms with Crippen LogP contribution in [0.3, 0.4) is 0 Å². The predicted octanol–water partition coefficient (Wildman–Crippen LogP) is 3.16. The molecule has 0 aliphatic rings. The molecule has 0 aromatic heterocycles. The summed E-state index contributed by atoms with van der Waals surface area (Å²) >= 11 is 5.71. The van der Waals surface area contributed by atoms with Gasteiger partial charge in [0.1, 0.15) is 0 Å². The minimum Gasteiger partial charge on any atom is -0.350 e. The van der Waals surface area contributed by atoms with Gasteiger partial charge in [-0.15, -0.1) is 0 Å². The lowest BCUT2D eigenvalue weighted by Crippen LogP contribution is -2.32. The molecule has 2 N–H and O–H groups in total. The molecule has 1 atom stereocenters. The number of benzene rings is 2. The van der Waals surface area contributed by atoms with Crippen LogP contribution >= 0.6 is 11.6 Å². The average Bonchev–Trinajstić information content (AvgIpc) is 2.57. The highest BCUT2D eigenvalue weighted by Crippen LogP contribution is 2.16. The number of nitrogens with one attached hydrogen (secondary N) is 2. The molecule has 0 spiro atoms. The number of rotatable bonds is 7. The molecule has 0 radical (unpaired) electrons. The Morgan fingerprint density at radius 2 is 1.77 bits per heavy atom. The maximum atomic E-state index is 13.2. The third-order valence-corrected chi connectivity index (χ3v) is 5.32. The number of amides is 1. The van der Waals surface area contributed by atoms with Crippen molar-refractivity contribution in [2.24, 2.45) is 0 Å². The molecule has 0 heterocycles. The van der Waals surface area contributed by atoms with Crippen molar-refractivity contribution < 1.29 is 22.0 Å². The van der Waals surface area contributed by atoms with Gasteiger partial charge in [0.25, 0.3) is 0 Å². The lowest BCUT2D eigenvalue weighted by atomic mass is 10.1. The minimum atomic E-state index is -3.74. The quantitative estimate of drug-likeness (QED) is 0.747. The van der Waals surface area contributed by atoms with Crippen LogP contribution < -0.4 is 10.0 Å². The smallest absolute Gasteiger partial charge is 0.240 e. The standard InChI is InChI=1S/C17H17ClF2N2O3S/c1-11(12-2-7-15(19)16(20)10-12)22-17(23)8-9-21-26(24,25)14-5-3-13(18)4-6-14/h2-7,10-11,21H,8-9H2,1H3,(H,22,23)/t11-/m0/s1. The number of sulfonamides is 1. The number of halogens is 3. The Balaban J connectivity index is 1.86. The Hall–Kier alpha value is -2.03. The highest BCUT2D eigenvalue weighted by Gasteiger charge is 2.15. The van der Waals surface area contributed by atoms with E-state index in [4.69, 9.17) is 11.6 Å². The van der Waals surface area contributed by atoms with E-state index in [1.807, 2.05) is 0 Å². The van der Waals surface area contributed by atoms with Crippen LogP contribution in [0.25, 0.3) is 0 Å². The monoisotopic (exact) mass is 402 g/mol. The summed E-state index contributed by atoms with van der Waals surface area (Å²) in [5, 5.41) is 3.01. The van der Waals surface area contributed by atoms with Crippen molar-refractivity contribution in [2.75, 3.05) is 6.54 Å². The first-order chi connectivity index (χ1) is 12.2. The van der Waals surface area contributed by atoms with Crippen LogP contribution in [0, 0.1) is 11.6 Å². The van der Waals surface area contributed by atoms with E-state index in [0.29, 0.717) is 10.6 Å². The van der Waals surface area contributed by atoms with Gasteiger partial charge in [0.05, 0.1) is 10.9 Å². The molecule has 140 valence electrons. The lowest BCUT2D eigenvalue weighted by molar-refractivity contribution is -0.121. The molecule has 5 nitrogen and oxygen atoms in total. The Kier molecular flexibility index (Phi) is 6.69. The molecule has 0 saturated carbocycles. The summed E-state index contributed by atoms with van der Waals surface area (Å²) in [5.41, 5.74) is 0.402. The average molecular weight is 403 g/mol. The van der Waals surface area contributed by atoms with Gasteiger partial charge in [0.2, 0.25) is 15.9 Å². The summed E-state index contributed by atoms with van der Waals surface area (Å²) in [7, 11) is -3.74. The Labute approximate surface area is 155 Å². The van der Waals surface area contributed by atoms with Gasteiger partial charge in [-0.05, 0) is 48.9 Å². The Bertz CT molecular complexity index is 889. The van der Waals surface area contributed by atoms with E-state index in [9.17, 15) is 22.0 Å². The third-order valence-electron chi connectivity index (χ3n) is 3.59. The number of carbonyl (C=O) groups is 1. The van der Waals surface area contributed by atoms with Crippen LogP contribution in [0.2, 0.25) is 5.02 Å². The van der Waals surface area contributed by atoms with Crippen molar-refractivity contribution in [1.29, 1.82) is 0 Å². The normalized spacial score (nSPS) is 12.6. The fraction of sp³-hybridized carbons (Fsp3) is 0.235. The second-order valence-corrected chi connectivity index (χ2v) is 7.77. The molecule has 0 aliphatic heterocycles. The van der Waals surface area contributed by atoms with E-state index in [0.717, 1.165) is 12.1 Å². The fourth-order valence-corrected chi connectivity index (χ4v) is 3.33. The predicted molar refractivity (Wildman–Crippen MR) is 94.2 cm³/mol. The van der Waals surface area contributed by atoms with Crippen LogP contribution in [0.1, 0.15) is 24.9 Å². The van der Waals surface area contributed by atoms with Crippen molar-refractivity contribution in [3.8, 4) is 0 Å². The summed E-state index contributed by atoms with van der Waals surface area (Å²) < 4.78 is 52.6. The summed E-state index contributed by atoms with van der Waals surface area (Å²) in [4.78, 5) is 12.0. The summed E-state index contributed by atoms with van der Waals surface area (Å²) in [6, 6.07) is 8.42. The largest absolute Gasteiger partial charge is 0.350 e. The van der Waals surface area contributed by atoms with Gasteiger partial charge in [-0.2, -0.15) is 0 Å². The van der Waals surface area contributed by atoms with Crippen LogP contribution in [-0.4, -0.2) is 20.9 Å².